The number of hydrogen-bond acceptors (Lipinski definition) is 3. The highest BCUT2D eigenvalue weighted by Crippen LogP contribution is 2.24. The highest BCUT2D eigenvalue weighted by molar-refractivity contribution is 5.75. The third-order valence-corrected chi connectivity index (χ3v) is 3.94. The summed E-state index contributed by atoms with van der Waals surface area (Å²) in [5, 5.41) is 11.9. The van der Waals surface area contributed by atoms with Crippen molar-refractivity contribution in [2.24, 2.45) is 5.92 Å². The fourth-order valence-corrected chi connectivity index (χ4v) is 2.70. The van der Waals surface area contributed by atoms with Gasteiger partial charge in [0.25, 0.3) is 0 Å². The summed E-state index contributed by atoms with van der Waals surface area (Å²) >= 11 is 0. The van der Waals surface area contributed by atoms with Crippen molar-refractivity contribution in [2.45, 2.75) is 44.8 Å². The van der Waals surface area contributed by atoms with E-state index in [0.717, 1.165) is 12.8 Å². The molecule has 108 valence electrons. The van der Waals surface area contributed by atoms with Crippen molar-refractivity contribution in [1.82, 2.24) is 10.2 Å². The van der Waals surface area contributed by atoms with E-state index < -0.39 is 5.97 Å². The van der Waals surface area contributed by atoms with Crippen LogP contribution in [0.2, 0.25) is 0 Å². The molecular formula is C13H22N2O4. The Morgan fingerprint density at radius 2 is 1.89 bits per heavy atom. The molecule has 0 atom stereocenters. The lowest BCUT2D eigenvalue weighted by molar-refractivity contribution is -0.142. The highest BCUT2D eigenvalue weighted by atomic mass is 16.5. The minimum atomic E-state index is -0.716. The number of carboxylic acids is 1. The lowest BCUT2D eigenvalue weighted by Gasteiger charge is -2.40. The van der Waals surface area contributed by atoms with Crippen LogP contribution >= 0.6 is 0 Å². The van der Waals surface area contributed by atoms with Gasteiger partial charge in [-0.25, -0.2) is 4.79 Å². The molecule has 2 fully saturated rings. The van der Waals surface area contributed by atoms with Crippen LogP contribution in [0.5, 0.6) is 0 Å². The summed E-state index contributed by atoms with van der Waals surface area (Å²) < 4.78 is 5.40. The average Bonchev–Trinajstić information content (AvgIpc) is 2.33. The molecule has 0 aromatic carbocycles. The van der Waals surface area contributed by atoms with Gasteiger partial charge in [-0.05, 0) is 32.6 Å². The van der Waals surface area contributed by atoms with Crippen molar-refractivity contribution in [2.75, 3.05) is 19.7 Å². The van der Waals surface area contributed by atoms with Gasteiger partial charge in [-0.1, -0.05) is 0 Å². The maximum absolute atomic E-state index is 11.9. The first kappa shape index (κ1) is 14.1. The third-order valence-electron chi connectivity index (χ3n) is 3.94. The zero-order chi connectivity index (χ0) is 13.8. The fraction of sp³-hybridized carbons (Fsp3) is 0.846. The van der Waals surface area contributed by atoms with Crippen LogP contribution in [0, 0.1) is 5.92 Å². The van der Waals surface area contributed by atoms with Gasteiger partial charge < -0.3 is 20.1 Å². The average molecular weight is 270 g/mol. The van der Waals surface area contributed by atoms with E-state index in [1.807, 2.05) is 6.92 Å². The molecule has 2 rings (SSSR count). The highest BCUT2D eigenvalue weighted by Gasteiger charge is 2.33. The molecule has 1 aliphatic heterocycles. The van der Waals surface area contributed by atoms with Crippen molar-refractivity contribution in [3.63, 3.8) is 0 Å². The molecule has 0 bridgehead atoms. The lowest BCUT2D eigenvalue weighted by Crippen LogP contribution is -2.59. The number of nitrogens with zero attached hydrogens (tertiary/aromatic N) is 1. The zero-order valence-electron chi connectivity index (χ0n) is 11.3. The first-order valence-electron chi connectivity index (χ1n) is 7.00. The molecule has 2 N–H and O–H groups in total. The first-order chi connectivity index (χ1) is 9.10. The molecular weight excluding hydrogens is 248 g/mol. The minimum Gasteiger partial charge on any atom is -0.481 e. The first-order valence-corrected chi connectivity index (χ1v) is 7.00. The topological polar surface area (TPSA) is 78.9 Å². The summed E-state index contributed by atoms with van der Waals surface area (Å²) in [5.74, 6) is -0.952. The molecule has 0 aromatic rings. The molecule has 0 unspecified atom stereocenters. The number of rotatable bonds is 4. The number of urea groups is 1. The fourth-order valence-electron chi connectivity index (χ4n) is 2.70. The van der Waals surface area contributed by atoms with Gasteiger partial charge in [-0.15, -0.1) is 0 Å². The smallest absolute Gasteiger partial charge is 0.317 e. The number of likely N-dealkylation sites (tertiary alicyclic amines) is 1. The van der Waals surface area contributed by atoms with Crippen molar-refractivity contribution in [3.8, 4) is 0 Å². The van der Waals surface area contributed by atoms with Crippen molar-refractivity contribution >= 4 is 12.0 Å². The maximum atomic E-state index is 11.9. The van der Waals surface area contributed by atoms with Gasteiger partial charge in [0, 0.05) is 12.6 Å². The zero-order valence-corrected chi connectivity index (χ0v) is 11.3. The van der Waals surface area contributed by atoms with Crippen LogP contribution in [0.1, 0.15) is 32.6 Å². The van der Waals surface area contributed by atoms with Crippen molar-refractivity contribution in [1.29, 1.82) is 0 Å². The Morgan fingerprint density at radius 1 is 1.26 bits per heavy atom. The van der Waals surface area contributed by atoms with E-state index in [9.17, 15) is 9.59 Å². The number of nitrogens with one attached hydrogen (secondary N) is 1. The van der Waals surface area contributed by atoms with Crippen LogP contribution in [0.25, 0.3) is 0 Å². The van der Waals surface area contributed by atoms with Gasteiger partial charge >= 0.3 is 12.0 Å². The van der Waals surface area contributed by atoms with Gasteiger partial charge in [-0.2, -0.15) is 0 Å². The number of ether oxygens (including phenoxy) is 1. The van der Waals surface area contributed by atoms with E-state index in [1.54, 1.807) is 4.90 Å². The normalized spacial score (nSPS) is 27.7. The molecule has 19 heavy (non-hydrogen) atoms. The number of carbonyl (C=O) groups excluding carboxylic acids is 1. The van der Waals surface area contributed by atoms with E-state index in [0.29, 0.717) is 32.5 Å². The molecule has 2 amide bonds. The monoisotopic (exact) mass is 270 g/mol. The SMILES string of the molecule is CCOC1CN(C(=O)NC2CCC(C(=O)O)CC2)C1. The Kier molecular flexibility index (Phi) is 4.63. The van der Waals surface area contributed by atoms with E-state index in [4.69, 9.17) is 9.84 Å². The molecule has 6 nitrogen and oxygen atoms in total. The van der Waals surface area contributed by atoms with E-state index in [-0.39, 0.29) is 24.1 Å². The van der Waals surface area contributed by atoms with Gasteiger partial charge in [0.05, 0.1) is 25.1 Å². The molecule has 1 saturated carbocycles. The van der Waals surface area contributed by atoms with E-state index >= 15 is 0 Å². The summed E-state index contributed by atoms with van der Waals surface area (Å²) in [4.78, 5) is 24.5. The predicted molar refractivity (Wildman–Crippen MR) is 68.9 cm³/mol. The summed E-state index contributed by atoms with van der Waals surface area (Å²) in [6.07, 6.45) is 3.00. The van der Waals surface area contributed by atoms with Crippen LogP contribution in [0.4, 0.5) is 4.79 Å². The van der Waals surface area contributed by atoms with Gasteiger partial charge in [-0.3, -0.25) is 4.79 Å². The summed E-state index contributed by atoms with van der Waals surface area (Å²) in [5.41, 5.74) is 0. The molecule has 0 radical (unpaired) electrons. The van der Waals surface area contributed by atoms with Crippen LogP contribution in [0.15, 0.2) is 0 Å². The Balaban J connectivity index is 1.66. The standard InChI is InChI=1S/C13H22N2O4/c1-2-19-11-7-15(8-11)13(18)14-10-5-3-9(4-6-10)12(16)17/h9-11H,2-8H2,1H3,(H,14,18)(H,16,17). The Hall–Kier alpha value is -1.30. The molecule has 1 heterocycles. The van der Waals surface area contributed by atoms with Crippen molar-refractivity contribution < 1.29 is 19.4 Å². The van der Waals surface area contributed by atoms with Gasteiger partial charge in [0.15, 0.2) is 0 Å². The molecule has 1 saturated heterocycles. The van der Waals surface area contributed by atoms with Gasteiger partial charge in [0.1, 0.15) is 0 Å². The molecule has 1 aliphatic carbocycles. The summed E-state index contributed by atoms with van der Waals surface area (Å²) in [6, 6.07) is 0.0731. The number of aliphatic carboxylic acids is 1. The lowest BCUT2D eigenvalue weighted by atomic mass is 9.86. The molecule has 0 spiro atoms. The van der Waals surface area contributed by atoms with E-state index in [2.05, 4.69) is 5.32 Å². The maximum Gasteiger partial charge on any atom is 0.317 e. The number of amides is 2. The van der Waals surface area contributed by atoms with Crippen LogP contribution < -0.4 is 5.32 Å². The van der Waals surface area contributed by atoms with Crippen LogP contribution in [-0.2, 0) is 9.53 Å². The van der Waals surface area contributed by atoms with Crippen molar-refractivity contribution in [3.05, 3.63) is 0 Å². The van der Waals surface area contributed by atoms with Crippen LogP contribution in [0.3, 0.4) is 0 Å². The number of carboxylic acid groups (broad SMARTS) is 1. The molecule has 6 heteroatoms. The molecule has 0 aromatic heterocycles. The second-order valence-electron chi connectivity index (χ2n) is 5.32. The summed E-state index contributed by atoms with van der Waals surface area (Å²) in [7, 11) is 0. The largest absolute Gasteiger partial charge is 0.481 e. The molecule has 2 aliphatic rings. The Bertz CT molecular complexity index is 334. The van der Waals surface area contributed by atoms with Crippen LogP contribution in [-0.4, -0.2) is 53.8 Å². The van der Waals surface area contributed by atoms with E-state index in [1.165, 1.54) is 0 Å². The minimum absolute atomic E-state index is 0.0465. The second kappa shape index (κ2) is 6.23. The Morgan fingerprint density at radius 3 is 2.42 bits per heavy atom. The second-order valence-corrected chi connectivity index (χ2v) is 5.32. The predicted octanol–water partition coefficient (Wildman–Crippen LogP) is 1.06. The number of hydrogen-bond donors (Lipinski definition) is 2. The number of carbonyl (C=O) groups is 2. The third kappa shape index (κ3) is 3.59. The quantitative estimate of drug-likeness (QED) is 0.800. The van der Waals surface area contributed by atoms with Gasteiger partial charge in [0.2, 0.25) is 0 Å². The summed E-state index contributed by atoms with van der Waals surface area (Å²) in [6.45, 7) is 3.94. The Labute approximate surface area is 113 Å².